The summed E-state index contributed by atoms with van der Waals surface area (Å²) in [7, 11) is 0. The maximum Gasteiger partial charge on any atom is 0.217 e. The van der Waals surface area contributed by atoms with E-state index < -0.39 is 40.6 Å². The van der Waals surface area contributed by atoms with E-state index in [4.69, 9.17) is 11.5 Å². The molecule has 0 heterocycles. The lowest BCUT2D eigenvalue weighted by Crippen LogP contribution is -2.14. The molecule has 8 heteroatoms. The van der Waals surface area contributed by atoms with E-state index in [1.54, 1.807) is 0 Å². The Kier molecular flexibility index (Phi) is 8.82. The number of rotatable bonds is 11. The molecule has 1 aromatic rings. The highest BCUT2D eigenvalue weighted by atomic mass is 19.2. The van der Waals surface area contributed by atoms with Crippen LogP contribution in [0.2, 0.25) is 0 Å². The van der Waals surface area contributed by atoms with E-state index in [9.17, 15) is 26.7 Å². The van der Waals surface area contributed by atoms with Crippen molar-refractivity contribution in [2.75, 3.05) is 6.54 Å². The Morgan fingerprint density at radius 1 is 0.800 bits per heavy atom. The van der Waals surface area contributed by atoms with Crippen LogP contribution in [-0.4, -0.2) is 12.5 Å². The van der Waals surface area contributed by atoms with Crippen LogP contribution < -0.4 is 11.5 Å². The third-order valence-corrected chi connectivity index (χ3v) is 4.15. The van der Waals surface area contributed by atoms with E-state index >= 15 is 0 Å². The van der Waals surface area contributed by atoms with Crippen molar-refractivity contribution in [1.82, 2.24) is 0 Å². The molecule has 1 atom stereocenters. The number of nitrogens with two attached hydrogens (primary N) is 2. The van der Waals surface area contributed by atoms with Crippen LogP contribution in [0.1, 0.15) is 50.5 Å². The summed E-state index contributed by atoms with van der Waals surface area (Å²) in [5.74, 6) is -10.3. The summed E-state index contributed by atoms with van der Waals surface area (Å²) in [6.07, 6.45) is 3.46. The summed E-state index contributed by atoms with van der Waals surface area (Å²) in [5, 5.41) is 0. The minimum absolute atomic E-state index is 0.193. The third-order valence-electron chi connectivity index (χ3n) is 4.15. The molecule has 1 rings (SSSR count). The number of carbonyl (C=O) groups excluding carboxylic acids is 1. The smallest absolute Gasteiger partial charge is 0.217 e. The third kappa shape index (κ3) is 6.26. The first-order valence-electron chi connectivity index (χ1n) is 8.28. The van der Waals surface area contributed by atoms with Crippen LogP contribution in [-0.2, 0) is 11.2 Å². The minimum atomic E-state index is -2.15. The Hall–Kier alpha value is -1.70. The van der Waals surface area contributed by atoms with E-state index in [1.807, 2.05) is 0 Å². The van der Waals surface area contributed by atoms with Gasteiger partial charge >= 0.3 is 0 Å². The first kappa shape index (κ1) is 21.3. The van der Waals surface area contributed by atoms with Crippen molar-refractivity contribution in [2.45, 2.75) is 51.4 Å². The van der Waals surface area contributed by atoms with Gasteiger partial charge in [-0.05, 0) is 31.7 Å². The molecule has 25 heavy (non-hydrogen) atoms. The molecule has 4 N–H and O–H groups in total. The van der Waals surface area contributed by atoms with Gasteiger partial charge in [-0.1, -0.05) is 25.7 Å². The van der Waals surface area contributed by atoms with E-state index in [0.717, 1.165) is 0 Å². The molecule has 0 bridgehead atoms. The Morgan fingerprint density at radius 3 is 1.76 bits per heavy atom. The monoisotopic (exact) mass is 366 g/mol. The lowest BCUT2D eigenvalue weighted by molar-refractivity contribution is -0.118. The molecule has 0 unspecified atom stereocenters. The Labute approximate surface area is 143 Å². The lowest BCUT2D eigenvalue weighted by Gasteiger charge is -2.18. The van der Waals surface area contributed by atoms with Gasteiger partial charge < -0.3 is 11.5 Å². The van der Waals surface area contributed by atoms with Gasteiger partial charge in [0.2, 0.25) is 11.7 Å². The fraction of sp³-hybridized carbons (Fsp3) is 0.588. The van der Waals surface area contributed by atoms with Crippen molar-refractivity contribution in [1.29, 1.82) is 0 Å². The van der Waals surface area contributed by atoms with Crippen molar-refractivity contribution in [3.8, 4) is 0 Å². The van der Waals surface area contributed by atoms with Gasteiger partial charge in [0.25, 0.3) is 0 Å². The molecule has 1 amide bonds. The van der Waals surface area contributed by atoms with Gasteiger partial charge in [0.1, 0.15) is 0 Å². The van der Waals surface area contributed by atoms with Crippen LogP contribution in [0.4, 0.5) is 22.0 Å². The summed E-state index contributed by atoms with van der Waals surface area (Å²) >= 11 is 0. The molecule has 0 aliphatic carbocycles. The second kappa shape index (κ2) is 10.3. The lowest BCUT2D eigenvalue weighted by atomic mass is 9.88. The van der Waals surface area contributed by atoms with Gasteiger partial charge in [-0.15, -0.1) is 0 Å². The van der Waals surface area contributed by atoms with Crippen LogP contribution in [0.25, 0.3) is 0 Å². The van der Waals surface area contributed by atoms with E-state index in [1.165, 1.54) is 0 Å². The largest absolute Gasteiger partial charge is 0.370 e. The number of hydrogen-bond donors (Lipinski definition) is 2. The molecule has 0 aromatic heterocycles. The zero-order valence-corrected chi connectivity index (χ0v) is 13.9. The molecule has 0 spiro atoms. The maximum atomic E-state index is 13.8. The zero-order chi connectivity index (χ0) is 19.0. The molecule has 0 aliphatic rings. The Morgan fingerprint density at radius 2 is 1.28 bits per heavy atom. The Balaban J connectivity index is 2.87. The zero-order valence-electron chi connectivity index (χ0n) is 13.9. The van der Waals surface area contributed by atoms with Crippen molar-refractivity contribution < 1.29 is 26.7 Å². The molecule has 142 valence electrons. The highest BCUT2D eigenvalue weighted by Crippen LogP contribution is 2.28. The van der Waals surface area contributed by atoms with Gasteiger partial charge in [-0.2, -0.15) is 0 Å². The minimum Gasteiger partial charge on any atom is -0.370 e. The molecule has 0 saturated heterocycles. The van der Waals surface area contributed by atoms with Crippen LogP contribution >= 0.6 is 0 Å². The predicted molar refractivity (Wildman–Crippen MR) is 84.0 cm³/mol. The van der Waals surface area contributed by atoms with Crippen molar-refractivity contribution in [2.24, 2.45) is 17.4 Å². The molecular weight excluding hydrogens is 343 g/mol. The summed E-state index contributed by atoms with van der Waals surface area (Å²) in [4.78, 5) is 10.7. The number of halogens is 5. The normalized spacial score (nSPS) is 12.4. The van der Waals surface area contributed by atoms with Crippen LogP contribution in [0, 0.1) is 35.0 Å². The maximum absolute atomic E-state index is 13.8. The second-order valence-corrected chi connectivity index (χ2v) is 6.12. The molecule has 0 aliphatic heterocycles. The predicted octanol–water partition coefficient (Wildman–Crippen LogP) is 3.72. The van der Waals surface area contributed by atoms with Crippen molar-refractivity contribution >= 4 is 5.91 Å². The Bertz CT molecular complexity index is 566. The molecular formula is C17H23F5N2O. The topological polar surface area (TPSA) is 69.1 Å². The molecule has 0 saturated carbocycles. The average molecular weight is 366 g/mol. The average Bonchev–Trinajstić information content (AvgIpc) is 2.58. The van der Waals surface area contributed by atoms with Crippen molar-refractivity contribution in [3.05, 3.63) is 34.6 Å². The quantitative estimate of drug-likeness (QED) is 0.271. The first-order valence-corrected chi connectivity index (χ1v) is 8.28. The molecule has 0 fully saturated rings. The van der Waals surface area contributed by atoms with E-state index in [2.05, 4.69) is 0 Å². The number of benzene rings is 1. The number of amides is 1. The van der Waals surface area contributed by atoms with Crippen molar-refractivity contribution in [3.63, 3.8) is 0 Å². The summed E-state index contributed by atoms with van der Waals surface area (Å²) in [6, 6.07) is 0. The highest BCUT2D eigenvalue weighted by molar-refractivity contribution is 5.73. The second-order valence-electron chi connectivity index (χ2n) is 6.12. The first-order chi connectivity index (χ1) is 11.8. The number of unbranched alkanes of at least 4 members (excludes halogenated alkanes) is 2. The highest BCUT2D eigenvalue weighted by Gasteiger charge is 2.27. The fourth-order valence-corrected chi connectivity index (χ4v) is 2.78. The SMILES string of the molecule is NCCCC[C@H](CCCCC(N)=O)Cc1c(F)c(F)c(F)c(F)c1F. The molecule has 0 radical (unpaired) electrons. The fourth-order valence-electron chi connectivity index (χ4n) is 2.78. The summed E-state index contributed by atoms with van der Waals surface area (Å²) in [5.41, 5.74) is 9.67. The van der Waals surface area contributed by atoms with Crippen LogP contribution in [0.15, 0.2) is 0 Å². The number of carbonyl (C=O) groups is 1. The van der Waals surface area contributed by atoms with Gasteiger partial charge in [-0.25, -0.2) is 22.0 Å². The summed E-state index contributed by atoms with van der Waals surface area (Å²) < 4.78 is 67.5. The van der Waals surface area contributed by atoms with Gasteiger partial charge in [0.15, 0.2) is 23.3 Å². The van der Waals surface area contributed by atoms with Gasteiger partial charge in [-0.3, -0.25) is 4.79 Å². The van der Waals surface area contributed by atoms with Gasteiger partial charge in [0, 0.05) is 12.0 Å². The number of primary amides is 1. The number of hydrogen-bond acceptors (Lipinski definition) is 2. The van der Waals surface area contributed by atoms with E-state index in [0.29, 0.717) is 45.1 Å². The molecule has 3 nitrogen and oxygen atoms in total. The summed E-state index contributed by atoms with van der Waals surface area (Å²) in [6.45, 7) is 0.455. The molecule has 1 aromatic carbocycles. The van der Waals surface area contributed by atoms with Crippen LogP contribution in [0.5, 0.6) is 0 Å². The van der Waals surface area contributed by atoms with Crippen LogP contribution in [0.3, 0.4) is 0 Å². The van der Waals surface area contributed by atoms with E-state index in [-0.39, 0.29) is 18.8 Å². The van der Waals surface area contributed by atoms with Gasteiger partial charge in [0.05, 0.1) is 0 Å². The standard InChI is InChI=1S/C17H23F5N2O/c18-13-11(14(19)16(21)17(22)15(13)20)9-10(6-3-4-8-23)5-1-2-7-12(24)25/h10H,1-9,23H2,(H2,24,25)/t10-/m0/s1.